The van der Waals surface area contributed by atoms with Gasteiger partial charge in [-0.1, -0.05) is 48.6 Å². The quantitative estimate of drug-likeness (QED) is 0.188. The smallest absolute Gasteiger partial charge is 0.266 e. The van der Waals surface area contributed by atoms with Crippen molar-refractivity contribution in [1.29, 1.82) is 0 Å². The molecule has 2 aliphatic heterocycles. The van der Waals surface area contributed by atoms with E-state index in [0.29, 0.717) is 46.4 Å². The van der Waals surface area contributed by atoms with Crippen LogP contribution in [0.15, 0.2) is 46.7 Å². The number of hydrogen-bond donors (Lipinski definition) is 1. The Morgan fingerprint density at radius 2 is 1.89 bits per heavy atom. The van der Waals surface area contributed by atoms with Crippen molar-refractivity contribution < 1.29 is 14.4 Å². The Morgan fingerprint density at radius 1 is 1.08 bits per heavy atom. The maximum atomic E-state index is 12.7. The molecule has 0 atom stereocenters. The van der Waals surface area contributed by atoms with Gasteiger partial charge in [0.25, 0.3) is 5.91 Å². The molecule has 0 saturated carbocycles. The number of Topliss-reactive ketones (excluding diaryl/α,β-unsaturated/α-hetero) is 1. The van der Waals surface area contributed by atoms with E-state index in [9.17, 15) is 14.4 Å². The Morgan fingerprint density at radius 3 is 2.65 bits per heavy atom. The molecule has 7 nitrogen and oxygen atoms in total. The molecule has 2 amide bonds. The number of thiophene rings is 1. The Hall–Kier alpha value is -2.37. The summed E-state index contributed by atoms with van der Waals surface area (Å²) in [6, 6.07) is 11.1. The number of carbonyl (C=O) groups is 3. The van der Waals surface area contributed by atoms with Gasteiger partial charge in [-0.2, -0.15) is 0 Å². The largest absolute Gasteiger partial charge is 0.326 e. The first-order valence-electron chi connectivity index (χ1n) is 12.5. The monoisotopic (exact) mass is 556 g/mol. The second-order valence-corrected chi connectivity index (χ2v) is 11.9. The minimum atomic E-state index is -0.0758. The zero-order valence-electron chi connectivity index (χ0n) is 21.0. The highest BCUT2D eigenvalue weighted by atomic mass is 32.2. The molecule has 1 N–H and O–H groups in total. The van der Waals surface area contributed by atoms with Crippen LogP contribution in [0.1, 0.15) is 40.9 Å². The van der Waals surface area contributed by atoms with E-state index in [1.165, 1.54) is 11.8 Å². The molecule has 2 aliphatic rings. The maximum Gasteiger partial charge on any atom is 0.266 e. The number of hydrogen-bond acceptors (Lipinski definition) is 8. The topological polar surface area (TPSA) is 73.0 Å². The molecule has 1 aromatic carbocycles. The summed E-state index contributed by atoms with van der Waals surface area (Å²) in [6.07, 6.45) is 4.59. The Labute approximate surface area is 231 Å². The number of likely N-dealkylation sites (N-methyl/N-ethyl adjacent to an activating group) is 1. The van der Waals surface area contributed by atoms with Crippen molar-refractivity contribution in [3.8, 4) is 0 Å². The third-order valence-electron chi connectivity index (χ3n) is 6.41. The lowest BCUT2D eigenvalue weighted by molar-refractivity contribution is -0.122. The number of thioether (sulfide) groups is 1. The van der Waals surface area contributed by atoms with E-state index >= 15 is 0 Å². The van der Waals surface area contributed by atoms with E-state index in [2.05, 4.69) is 22.2 Å². The molecule has 2 fully saturated rings. The van der Waals surface area contributed by atoms with Gasteiger partial charge in [0.15, 0.2) is 5.78 Å². The van der Waals surface area contributed by atoms with Crippen molar-refractivity contribution in [2.24, 2.45) is 0 Å². The van der Waals surface area contributed by atoms with Crippen molar-refractivity contribution >= 4 is 69.0 Å². The molecule has 0 unspecified atom stereocenters. The fourth-order valence-electron chi connectivity index (χ4n) is 4.22. The number of ketones is 1. The summed E-state index contributed by atoms with van der Waals surface area (Å²) in [7, 11) is 2.09. The lowest BCUT2D eigenvalue weighted by Gasteiger charge is -2.31. The summed E-state index contributed by atoms with van der Waals surface area (Å²) in [4.78, 5) is 45.7. The van der Waals surface area contributed by atoms with Crippen LogP contribution in [0.4, 0.5) is 5.69 Å². The molecule has 0 radical (unpaired) electrons. The van der Waals surface area contributed by atoms with Crippen LogP contribution in [-0.4, -0.2) is 82.9 Å². The van der Waals surface area contributed by atoms with Crippen LogP contribution in [0.25, 0.3) is 6.08 Å². The minimum absolute atomic E-state index is 0.0387. The molecule has 10 heteroatoms. The lowest BCUT2D eigenvalue weighted by atomic mass is 10.1. The minimum Gasteiger partial charge on any atom is -0.326 e. The number of thiocarbonyl (C=S) groups is 1. The molecule has 37 heavy (non-hydrogen) atoms. The Balaban J connectivity index is 1.16. The summed E-state index contributed by atoms with van der Waals surface area (Å²) < 4.78 is 0.590. The van der Waals surface area contributed by atoms with Gasteiger partial charge in [-0.3, -0.25) is 24.2 Å². The van der Waals surface area contributed by atoms with Gasteiger partial charge >= 0.3 is 0 Å². The second-order valence-electron chi connectivity index (χ2n) is 9.29. The number of unbranched alkanes of at least 4 members (excludes halogenated alkanes) is 2. The van der Waals surface area contributed by atoms with Crippen molar-refractivity contribution in [2.45, 2.75) is 25.7 Å². The first-order chi connectivity index (χ1) is 17.9. The van der Waals surface area contributed by atoms with Crippen molar-refractivity contribution in [1.82, 2.24) is 14.7 Å². The highest BCUT2D eigenvalue weighted by Gasteiger charge is 2.31. The first kappa shape index (κ1) is 27.7. The van der Waals surface area contributed by atoms with Crippen LogP contribution in [0.3, 0.4) is 0 Å². The number of carbonyl (C=O) groups excluding carboxylic acids is 3. The lowest BCUT2D eigenvalue weighted by Crippen LogP contribution is -2.46. The van der Waals surface area contributed by atoms with Crippen LogP contribution in [-0.2, 0) is 9.59 Å². The van der Waals surface area contributed by atoms with Gasteiger partial charge in [-0.25, -0.2) is 0 Å². The Bertz CT molecular complexity index is 1160. The highest BCUT2D eigenvalue weighted by molar-refractivity contribution is 8.26. The van der Waals surface area contributed by atoms with Gasteiger partial charge in [-0.05, 0) is 49.5 Å². The number of benzene rings is 1. The molecule has 1 aromatic heterocycles. The molecular weight excluding hydrogens is 525 g/mol. The van der Waals surface area contributed by atoms with Crippen molar-refractivity contribution in [2.75, 3.05) is 51.6 Å². The molecule has 0 bridgehead atoms. The zero-order chi connectivity index (χ0) is 26.2. The van der Waals surface area contributed by atoms with E-state index in [0.717, 1.165) is 43.9 Å². The summed E-state index contributed by atoms with van der Waals surface area (Å²) in [5, 5.41) is 4.89. The number of anilines is 1. The van der Waals surface area contributed by atoms with Crippen LogP contribution >= 0.6 is 35.3 Å². The summed E-state index contributed by atoms with van der Waals surface area (Å²) in [5.74, 6) is -0.0436. The van der Waals surface area contributed by atoms with Crippen LogP contribution < -0.4 is 5.32 Å². The van der Waals surface area contributed by atoms with E-state index in [4.69, 9.17) is 12.2 Å². The fourth-order valence-corrected chi connectivity index (χ4v) is 6.25. The van der Waals surface area contributed by atoms with Crippen LogP contribution in [0.5, 0.6) is 0 Å². The number of amides is 2. The number of piperazine rings is 1. The standard InChI is InChI=1S/C27H32N4O3S3/c1-29-12-14-30(15-13-29)19-23(32)20-7-5-8-21(17-20)28-25(33)10-3-2-4-11-31-26(34)24(37-27(31)35)18-22-9-6-16-36-22/h5-9,16-18H,2-4,10-15,19H2,1H3,(H,28,33)/b24-18+. The highest BCUT2D eigenvalue weighted by Crippen LogP contribution is 2.33. The molecule has 3 heterocycles. The third-order valence-corrected chi connectivity index (χ3v) is 8.60. The molecule has 2 saturated heterocycles. The van der Waals surface area contributed by atoms with E-state index in [1.54, 1.807) is 28.4 Å². The number of nitrogens with zero attached hydrogens (tertiary/aromatic N) is 3. The average molecular weight is 557 g/mol. The van der Waals surface area contributed by atoms with E-state index in [1.807, 2.05) is 35.7 Å². The van der Waals surface area contributed by atoms with Gasteiger partial charge in [0.1, 0.15) is 4.32 Å². The predicted octanol–water partition coefficient (Wildman–Crippen LogP) is 4.58. The molecule has 4 rings (SSSR count). The van der Waals surface area contributed by atoms with E-state index in [-0.39, 0.29) is 17.6 Å². The summed E-state index contributed by atoms with van der Waals surface area (Å²) >= 11 is 8.33. The molecular formula is C27H32N4O3S3. The van der Waals surface area contributed by atoms with Gasteiger partial charge in [0.05, 0.1) is 11.4 Å². The summed E-state index contributed by atoms with van der Waals surface area (Å²) in [6.45, 7) is 4.68. The van der Waals surface area contributed by atoms with Gasteiger partial charge < -0.3 is 10.2 Å². The van der Waals surface area contributed by atoms with Crippen LogP contribution in [0, 0.1) is 0 Å². The third kappa shape index (κ3) is 8.05. The second kappa shape index (κ2) is 13.4. The number of nitrogens with one attached hydrogen (secondary N) is 1. The molecule has 2 aromatic rings. The van der Waals surface area contributed by atoms with Crippen molar-refractivity contribution in [3.05, 3.63) is 57.1 Å². The van der Waals surface area contributed by atoms with Gasteiger partial charge in [0, 0.05) is 55.3 Å². The fraction of sp³-hybridized carbons (Fsp3) is 0.407. The molecule has 0 aliphatic carbocycles. The Kier molecular flexibility index (Phi) is 10.0. The van der Waals surface area contributed by atoms with Crippen molar-refractivity contribution in [3.63, 3.8) is 0 Å². The first-order valence-corrected chi connectivity index (χ1v) is 14.6. The molecule has 0 spiro atoms. The summed E-state index contributed by atoms with van der Waals surface area (Å²) in [5.41, 5.74) is 1.26. The van der Waals surface area contributed by atoms with Gasteiger partial charge in [0.2, 0.25) is 5.91 Å². The maximum absolute atomic E-state index is 12.7. The number of rotatable bonds is 11. The average Bonchev–Trinajstić information content (AvgIpc) is 3.49. The van der Waals surface area contributed by atoms with E-state index < -0.39 is 0 Å². The van der Waals surface area contributed by atoms with Gasteiger partial charge in [-0.15, -0.1) is 11.3 Å². The van der Waals surface area contributed by atoms with Crippen LogP contribution in [0.2, 0.25) is 0 Å². The zero-order valence-corrected chi connectivity index (χ0v) is 23.4. The molecule has 196 valence electrons. The normalized spacial score (nSPS) is 18.1. The SMILES string of the molecule is CN1CCN(CC(=O)c2cccc(NC(=O)CCCCCN3C(=O)/C(=C\c4cccs4)SC3=S)c2)CC1. The predicted molar refractivity (Wildman–Crippen MR) is 156 cm³/mol.